The Morgan fingerprint density at radius 1 is 1.07 bits per heavy atom. The third-order valence-corrected chi connectivity index (χ3v) is 5.60. The Bertz CT molecular complexity index is 966. The van der Waals surface area contributed by atoms with Crippen LogP contribution in [0.4, 0.5) is 5.82 Å². The molecule has 2 atom stereocenters. The van der Waals surface area contributed by atoms with Crippen molar-refractivity contribution in [2.24, 2.45) is 0 Å². The number of ether oxygens (including phenoxy) is 2. The molecule has 0 radical (unpaired) electrons. The number of aromatic nitrogens is 4. The largest absolute Gasteiger partial charge is 0.377 e. The molecule has 0 aromatic carbocycles. The monoisotopic (exact) mass is 379 g/mol. The fourth-order valence-corrected chi connectivity index (χ4v) is 4.10. The summed E-state index contributed by atoms with van der Waals surface area (Å²) in [6.45, 7) is 5.26. The quantitative estimate of drug-likeness (QED) is 0.695. The third-order valence-electron chi connectivity index (χ3n) is 5.60. The van der Waals surface area contributed by atoms with Gasteiger partial charge in [0.1, 0.15) is 17.0 Å². The molecule has 0 bridgehead atoms. The van der Waals surface area contributed by atoms with E-state index in [0.717, 1.165) is 73.7 Å². The summed E-state index contributed by atoms with van der Waals surface area (Å²) in [7, 11) is 0. The first-order valence-corrected chi connectivity index (χ1v) is 10.1. The summed E-state index contributed by atoms with van der Waals surface area (Å²) in [5.41, 5.74) is 2.71. The highest BCUT2D eigenvalue weighted by Crippen LogP contribution is 2.31. The molecule has 0 amide bonds. The Labute approximate surface area is 164 Å². The standard InChI is InChI=1S/C21H25N5O2/c1-15-14-27-13-11-25(15)18-6-5-16-7-9-22-21(20(16)24-18)17-8-10-23-26(17)19-4-2-3-12-28-19/h5-10,15,19H,2-4,11-14H2,1H3/t15-,19?/m0/s1. The van der Waals surface area contributed by atoms with Gasteiger partial charge < -0.3 is 14.4 Å². The van der Waals surface area contributed by atoms with Crippen molar-refractivity contribution in [2.75, 3.05) is 31.3 Å². The Morgan fingerprint density at radius 2 is 2.04 bits per heavy atom. The van der Waals surface area contributed by atoms with Gasteiger partial charge in [0, 0.05) is 30.9 Å². The Kier molecular flexibility index (Phi) is 4.70. The van der Waals surface area contributed by atoms with Crippen molar-refractivity contribution in [3.8, 4) is 11.4 Å². The van der Waals surface area contributed by atoms with Crippen LogP contribution in [0, 0.1) is 0 Å². The highest BCUT2D eigenvalue weighted by atomic mass is 16.5. The Balaban J connectivity index is 1.58. The van der Waals surface area contributed by atoms with Gasteiger partial charge in [-0.2, -0.15) is 5.10 Å². The molecule has 0 N–H and O–H groups in total. The number of rotatable bonds is 3. The van der Waals surface area contributed by atoms with E-state index >= 15 is 0 Å². The molecular weight excluding hydrogens is 354 g/mol. The van der Waals surface area contributed by atoms with Gasteiger partial charge in [0.25, 0.3) is 0 Å². The lowest BCUT2D eigenvalue weighted by molar-refractivity contribution is -0.0383. The smallest absolute Gasteiger partial charge is 0.150 e. The molecule has 146 valence electrons. The molecule has 0 spiro atoms. The first-order chi connectivity index (χ1) is 13.8. The van der Waals surface area contributed by atoms with Gasteiger partial charge in [-0.05, 0) is 50.5 Å². The Hall–Kier alpha value is -2.51. The molecule has 3 aromatic rings. The van der Waals surface area contributed by atoms with Crippen molar-refractivity contribution in [2.45, 2.75) is 38.5 Å². The lowest BCUT2D eigenvalue weighted by Crippen LogP contribution is -2.44. The van der Waals surface area contributed by atoms with Crippen LogP contribution in [-0.2, 0) is 9.47 Å². The zero-order valence-corrected chi connectivity index (χ0v) is 16.1. The molecule has 7 nitrogen and oxygen atoms in total. The van der Waals surface area contributed by atoms with Crippen LogP contribution in [0.25, 0.3) is 22.3 Å². The fraction of sp³-hybridized carbons (Fsp3) is 0.476. The third kappa shape index (κ3) is 3.14. The SMILES string of the molecule is C[C@H]1COCCN1c1ccc2ccnc(-c3ccnn3C3CCCCO3)c2n1. The van der Waals surface area contributed by atoms with Crippen LogP contribution in [0.1, 0.15) is 32.4 Å². The summed E-state index contributed by atoms with van der Waals surface area (Å²) < 4.78 is 13.5. The second-order valence-electron chi connectivity index (χ2n) is 7.50. The number of anilines is 1. The number of morpholine rings is 1. The number of pyridine rings is 2. The van der Waals surface area contributed by atoms with Gasteiger partial charge in [0.15, 0.2) is 6.23 Å². The molecule has 7 heteroatoms. The van der Waals surface area contributed by atoms with Gasteiger partial charge in [-0.15, -0.1) is 0 Å². The van der Waals surface area contributed by atoms with E-state index in [1.165, 1.54) is 0 Å². The summed E-state index contributed by atoms with van der Waals surface area (Å²) in [5.74, 6) is 0.970. The molecule has 1 unspecified atom stereocenters. The summed E-state index contributed by atoms with van der Waals surface area (Å²) in [6, 6.07) is 8.54. The van der Waals surface area contributed by atoms with Gasteiger partial charge in [-0.3, -0.25) is 4.98 Å². The molecule has 2 aliphatic rings. The van der Waals surface area contributed by atoms with E-state index in [2.05, 4.69) is 34.0 Å². The van der Waals surface area contributed by atoms with Gasteiger partial charge in [-0.25, -0.2) is 9.67 Å². The molecular formula is C21H25N5O2. The fourth-order valence-electron chi connectivity index (χ4n) is 4.10. The van der Waals surface area contributed by atoms with Gasteiger partial charge in [0.05, 0.1) is 24.9 Å². The van der Waals surface area contributed by atoms with E-state index in [-0.39, 0.29) is 6.23 Å². The first-order valence-electron chi connectivity index (χ1n) is 10.1. The van der Waals surface area contributed by atoms with Crippen LogP contribution < -0.4 is 4.90 Å². The van der Waals surface area contributed by atoms with Gasteiger partial charge in [0.2, 0.25) is 0 Å². The average molecular weight is 379 g/mol. The van der Waals surface area contributed by atoms with Crippen LogP contribution in [-0.4, -0.2) is 52.2 Å². The molecule has 5 heterocycles. The predicted molar refractivity (Wildman–Crippen MR) is 107 cm³/mol. The highest BCUT2D eigenvalue weighted by molar-refractivity contribution is 5.91. The predicted octanol–water partition coefficient (Wildman–Crippen LogP) is 3.42. The highest BCUT2D eigenvalue weighted by Gasteiger charge is 2.23. The Morgan fingerprint density at radius 3 is 2.89 bits per heavy atom. The van der Waals surface area contributed by atoms with Crippen LogP contribution >= 0.6 is 0 Å². The van der Waals surface area contributed by atoms with E-state index in [4.69, 9.17) is 14.5 Å². The zero-order valence-electron chi connectivity index (χ0n) is 16.1. The minimum Gasteiger partial charge on any atom is -0.377 e. The molecule has 2 saturated heterocycles. The lowest BCUT2D eigenvalue weighted by atomic mass is 10.1. The van der Waals surface area contributed by atoms with E-state index in [1.54, 1.807) is 0 Å². The lowest BCUT2D eigenvalue weighted by Gasteiger charge is -2.34. The summed E-state index contributed by atoms with van der Waals surface area (Å²) >= 11 is 0. The average Bonchev–Trinajstić information content (AvgIpc) is 3.24. The molecule has 3 aromatic heterocycles. The zero-order chi connectivity index (χ0) is 18.9. The minimum atomic E-state index is -0.0294. The summed E-state index contributed by atoms with van der Waals surface area (Å²) in [6.07, 6.45) is 6.88. The van der Waals surface area contributed by atoms with Crippen molar-refractivity contribution >= 4 is 16.7 Å². The maximum absolute atomic E-state index is 5.96. The normalized spacial score (nSPS) is 23.2. The van der Waals surface area contributed by atoms with E-state index in [1.807, 2.05) is 29.2 Å². The molecule has 0 aliphatic carbocycles. The second kappa shape index (κ2) is 7.48. The van der Waals surface area contributed by atoms with Crippen molar-refractivity contribution in [1.82, 2.24) is 19.7 Å². The summed E-state index contributed by atoms with van der Waals surface area (Å²) in [5, 5.41) is 5.62. The molecule has 28 heavy (non-hydrogen) atoms. The van der Waals surface area contributed by atoms with E-state index in [0.29, 0.717) is 6.04 Å². The van der Waals surface area contributed by atoms with Crippen molar-refractivity contribution in [3.63, 3.8) is 0 Å². The number of hydrogen-bond donors (Lipinski definition) is 0. The first kappa shape index (κ1) is 17.6. The number of nitrogens with zero attached hydrogens (tertiary/aromatic N) is 5. The topological polar surface area (TPSA) is 65.3 Å². The van der Waals surface area contributed by atoms with Crippen LogP contribution in [0.2, 0.25) is 0 Å². The minimum absolute atomic E-state index is 0.0294. The van der Waals surface area contributed by atoms with E-state index < -0.39 is 0 Å². The van der Waals surface area contributed by atoms with Crippen LogP contribution in [0.5, 0.6) is 0 Å². The molecule has 2 aliphatic heterocycles. The molecule has 5 rings (SSSR count). The van der Waals surface area contributed by atoms with Crippen molar-refractivity contribution in [1.29, 1.82) is 0 Å². The molecule has 2 fully saturated rings. The van der Waals surface area contributed by atoms with Gasteiger partial charge in [-0.1, -0.05) is 0 Å². The maximum atomic E-state index is 5.96. The van der Waals surface area contributed by atoms with Crippen LogP contribution in [0.3, 0.4) is 0 Å². The summed E-state index contributed by atoms with van der Waals surface area (Å²) in [4.78, 5) is 12.0. The molecule has 0 saturated carbocycles. The van der Waals surface area contributed by atoms with Gasteiger partial charge >= 0.3 is 0 Å². The van der Waals surface area contributed by atoms with Crippen LogP contribution in [0.15, 0.2) is 36.7 Å². The maximum Gasteiger partial charge on any atom is 0.150 e. The second-order valence-corrected chi connectivity index (χ2v) is 7.50. The van der Waals surface area contributed by atoms with E-state index in [9.17, 15) is 0 Å². The number of fused-ring (bicyclic) bond motifs is 1. The number of hydrogen-bond acceptors (Lipinski definition) is 6. The van der Waals surface area contributed by atoms with Crippen molar-refractivity contribution in [3.05, 3.63) is 36.7 Å². The van der Waals surface area contributed by atoms with Crippen molar-refractivity contribution < 1.29 is 9.47 Å².